The molecule has 0 saturated heterocycles. The first-order valence-corrected chi connectivity index (χ1v) is 13.6. The summed E-state index contributed by atoms with van der Waals surface area (Å²) in [4.78, 5) is 21.9. The Morgan fingerprint density at radius 3 is 2.50 bits per heavy atom. The van der Waals surface area contributed by atoms with Gasteiger partial charge in [0.25, 0.3) is 5.91 Å². The quantitative estimate of drug-likeness (QED) is 0.123. The highest BCUT2D eigenvalue weighted by molar-refractivity contribution is 6.01. The number of azide groups is 1. The molecule has 0 aromatic heterocycles. The molecular weight excluding hydrogens is 538 g/mol. The maximum Gasteiger partial charge on any atom is 0.252 e. The zero-order chi connectivity index (χ0) is 30.0. The summed E-state index contributed by atoms with van der Waals surface area (Å²) in [7, 11) is 3.11. The largest absolute Gasteiger partial charge is 0.494 e. The van der Waals surface area contributed by atoms with E-state index in [0.717, 1.165) is 16.7 Å². The fourth-order valence-electron chi connectivity index (χ4n) is 4.85. The van der Waals surface area contributed by atoms with Crippen molar-refractivity contribution in [3.8, 4) is 17.2 Å². The number of methoxy groups -OCH3 is 2. The number of aliphatic hydroxyl groups excluding tert-OH is 1. The normalized spacial score (nSPS) is 17.4. The van der Waals surface area contributed by atoms with Gasteiger partial charge in [-0.15, -0.1) is 0 Å². The molecule has 11 heteroatoms. The van der Waals surface area contributed by atoms with Gasteiger partial charge in [0.15, 0.2) is 17.0 Å². The summed E-state index contributed by atoms with van der Waals surface area (Å²) >= 11 is 0. The second kappa shape index (κ2) is 14.2. The summed E-state index contributed by atoms with van der Waals surface area (Å²) in [5.41, 5.74) is 10.7. The van der Waals surface area contributed by atoms with E-state index in [1.165, 1.54) is 0 Å². The van der Waals surface area contributed by atoms with E-state index in [1.807, 2.05) is 55.5 Å². The molecule has 0 radical (unpaired) electrons. The Bertz CT molecular complexity index is 1450. The Labute approximate surface area is 244 Å². The lowest BCUT2D eigenvalue weighted by Gasteiger charge is -2.29. The van der Waals surface area contributed by atoms with Crippen LogP contribution in [-0.2, 0) is 29.0 Å². The minimum atomic E-state index is -1.32. The molecule has 0 unspecified atom stereocenters. The highest BCUT2D eigenvalue weighted by Crippen LogP contribution is 2.35. The predicted molar refractivity (Wildman–Crippen MR) is 158 cm³/mol. The van der Waals surface area contributed by atoms with E-state index in [1.54, 1.807) is 32.4 Å². The van der Waals surface area contributed by atoms with Gasteiger partial charge in [-0.2, -0.15) is 0 Å². The summed E-state index contributed by atoms with van der Waals surface area (Å²) in [5, 5.41) is 15.8. The molecule has 3 aromatic rings. The van der Waals surface area contributed by atoms with E-state index < -0.39 is 11.6 Å². The number of benzene rings is 3. The summed E-state index contributed by atoms with van der Waals surface area (Å²) in [5.74, 6) is 1.77. The van der Waals surface area contributed by atoms with Crippen molar-refractivity contribution in [2.45, 2.75) is 44.5 Å². The number of hydrogen-bond acceptors (Lipinski definition) is 8. The van der Waals surface area contributed by atoms with Gasteiger partial charge in [0.1, 0.15) is 11.9 Å². The number of carbonyl (C=O) groups excluding carboxylic acids is 1. The van der Waals surface area contributed by atoms with Gasteiger partial charge in [-0.3, -0.25) is 4.79 Å². The zero-order valence-corrected chi connectivity index (χ0v) is 23.9. The van der Waals surface area contributed by atoms with Gasteiger partial charge in [0.05, 0.1) is 27.4 Å². The summed E-state index contributed by atoms with van der Waals surface area (Å²) in [6.45, 7) is 2.61. The average molecular weight is 574 g/mol. The topological polar surface area (TPSA) is 147 Å². The Kier molecular flexibility index (Phi) is 10.3. The number of ether oxygens (including phenoxy) is 4. The van der Waals surface area contributed by atoms with Crippen LogP contribution in [0.15, 0.2) is 76.8 Å². The fourth-order valence-corrected chi connectivity index (χ4v) is 4.85. The molecule has 4 rings (SSSR count). The summed E-state index contributed by atoms with van der Waals surface area (Å²) < 4.78 is 22.8. The van der Waals surface area contributed by atoms with Crippen LogP contribution in [0.2, 0.25) is 0 Å². The van der Waals surface area contributed by atoms with Gasteiger partial charge in [0, 0.05) is 42.0 Å². The Morgan fingerprint density at radius 2 is 1.81 bits per heavy atom. The van der Waals surface area contributed by atoms with Crippen LogP contribution >= 0.6 is 0 Å². The molecule has 220 valence electrons. The first-order valence-electron chi connectivity index (χ1n) is 13.6. The van der Waals surface area contributed by atoms with Crippen LogP contribution in [0.5, 0.6) is 17.2 Å². The minimum absolute atomic E-state index is 0.0569. The third kappa shape index (κ3) is 6.76. The highest BCUT2D eigenvalue weighted by atomic mass is 16.5. The first kappa shape index (κ1) is 30.2. The van der Waals surface area contributed by atoms with Gasteiger partial charge < -0.3 is 29.4 Å². The molecule has 0 fully saturated rings. The van der Waals surface area contributed by atoms with Crippen LogP contribution in [0, 0.1) is 0 Å². The number of aliphatic hydroxyl groups is 1. The molecule has 0 saturated carbocycles. The maximum absolute atomic E-state index is 14.1. The van der Waals surface area contributed by atoms with E-state index in [4.69, 9.17) is 34.6 Å². The van der Waals surface area contributed by atoms with Crippen molar-refractivity contribution in [1.29, 1.82) is 0 Å². The van der Waals surface area contributed by atoms with Crippen LogP contribution < -0.4 is 19.5 Å². The second-order valence-corrected chi connectivity index (χ2v) is 9.72. The highest BCUT2D eigenvalue weighted by Gasteiger charge is 2.50. The third-order valence-electron chi connectivity index (χ3n) is 7.13. The Hall–Kier alpha value is -4.73. The number of rotatable bonds is 14. The standard InChI is InChI=1S/C31H35N5O6/c1-21-31(18-23-8-4-5-9-24(23)20-34-36-32,30(38)33-19-25-10-6-11-27(39-2)28(25)40-3)35-29(42-21)22-12-14-26(15-13-22)41-17-7-16-37/h4-6,8-15,21,37H,7,16-20H2,1-3H3,(H,33,38)/t21-,31-/m1/s1. The number of hydrogen-bond donors (Lipinski definition) is 2. The van der Waals surface area contributed by atoms with Crippen LogP contribution in [0.3, 0.4) is 0 Å². The molecule has 1 amide bonds. The van der Waals surface area contributed by atoms with Crippen molar-refractivity contribution < 1.29 is 28.8 Å². The lowest BCUT2D eigenvalue weighted by molar-refractivity contribution is -0.128. The zero-order valence-electron chi connectivity index (χ0n) is 23.9. The number of aliphatic imine (C=N–C) groups is 1. The number of nitrogens with zero attached hydrogens (tertiary/aromatic N) is 4. The molecule has 0 bridgehead atoms. The first-order chi connectivity index (χ1) is 20.4. The van der Waals surface area contributed by atoms with Gasteiger partial charge in [-0.25, -0.2) is 4.99 Å². The van der Waals surface area contributed by atoms with E-state index in [9.17, 15) is 4.79 Å². The van der Waals surface area contributed by atoms with Crippen molar-refractivity contribution in [2.24, 2.45) is 10.1 Å². The molecular formula is C31H35N5O6. The van der Waals surface area contributed by atoms with Gasteiger partial charge in [-0.1, -0.05) is 41.5 Å². The lowest BCUT2D eigenvalue weighted by Crippen LogP contribution is -2.52. The van der Waals surface area contributed by atoms with Gasteiger partial charge >= 0.3 is 0 Å². The number of para-hydroxylation sites is 1. The summed E-state index contributed by atoms with van der Waals surface area (Å²) in [6.07, 6.45) is 0.140. The second-order valence-electron chi connectivity index (χ2n) is 9.72. The molecule has 11 nitrogen and oxygen atoms in total. The SMILES string of the molecule is COc1cccc(CNC(=O)[C@]2(Cc3ccccc3CN=[N+]=[N-])N=C(c3ccc(OCCCO)cc3)O[C@@H]2C)c1OC. The number of nitrogens with one attached hydrogen (secondary N) is 1. The number of amides is 1. The smallest absolute Gasteiger partial charge is 0.252 e. The molecule has 1 aliphatic heterocycles. The van der Waals surface area contributed by atoms with E-state index in [0.29, 0.717) is 41.7 Å². The average Bonchev–Trinajstić information content (AvgIpc) is 3.36. The van der Waals surface area contributed by atoms with E-state index in [2.05, 4.69) is 15.3 Å². The van der Waals surface area contributed by atoms with Crippen LogP contribution in [0.1, 0.15) is 35.6 Å². The summed E-state index contributed by atoms with van der Waals surface area (Å²) in [6, 6.07) is 20.2. The van der Waals surface area contributed by atoms with Crippen LogP contribution in [0.25, 0.3) is 10.4 Å². The van der Waals surface area contributed by atoms with Crippen molar-refractivity contribution in [2.75, 3.05) is 27.4 Å². The third-order valence-corrected chi connectivity index (χ3v) is 7.13. The lowest BCUT2D eigenvalue weighted by atomic mass is 9.84. The number of carbonyl (C=O) groups is 1. The van der Waals surface area contributed by atoms with Crippen molar-refractivity contribution in [1.82, 2.24) is 5.32 Å². The van der Waals surface area contributed by atoms with E-state index >= 15 is 0 Å². The molecule has 1 aliphatic rings. The molecule has 2 N–H and O–H groups in total. The van der Waals surface area contributed by atoms with E-state index in [-0.39, 0.29) is 32.0 Å². The Balaban J connectivity index is 1.68. The van der Waals surface area contributed by atoms with Gasteiger partial charge in [-0.05, 0) is 53.9 Å². The van der Waals surface area contributed by atoms with Crippen molar-refractivity contribution in [3.63, 3.8) is 0 Å². The molecule has 2 atom stereocenters. The molecule has 42 heavy (non-hydrogen) atoms. The van der Waals surface area contributed by atoms with Crippen molar-refractivity contribution >= 4 is 11.8 Å². The molecule has 1 heterocycles. The maximum atomic E-state index is 14.1. The molecule has 3 aromatic carbocycles. The van der Waals surface area contributed by atoms with Gasteiger partial charge in [0.2, 0.25) is 5.90 Å². The fraction of sp³-hybridized carbons (Fsp3) is 0.355. The van der Waals surface area contributed by atoms with Crippen LogP contribution in [-0.4, -0.2) is 56.0 Å². The molecule has 0 aliphatic carbocycles. The minimum Gasteiger partial charge on any atom is -0.494 e. The molecule has 0 spiro atoms. The predicted octanol–water partition coefficient (Wildman–Crippen LogP) is 4.74. The van der Waals surface area contributed by atoms with Crippen LogP contribution in [0.4, 0.5) is 0 Å². The Morgan fingerprint density at radius 1 is 1.07 bits per heavy atom. The van der Waals surface area contributed by atoms with Crippen molar-refractivity contribution in [3.05, 3.63) is 99.4 Å². The monoisotopic (exact) mass is 573 g/mol.